The average molecular weight is 262 g/mol. The van der Waals surface area contributed by atoms with Crippen molar-refractivity contribution in [3.05, 3.63) is 61.3 Å². The van der Waals surface area contributed by atoms with Crippen LogP contribution in [0.4, 0.5) is 0 Å². The molecule has 0 fully saturated rings. The lowest BCUT2D eigenvalue weighted by Gasteiger charge is -1.94. The zero-order valence-electron chi connectivity index (χ0n) is 10.5. The number of hydrogen-bond donors (Lipinski definition) is 0. The van der Waals surface area contributed by atoms with Gasteiger partial charge >= 0.3 is 0 Å². The van der Waals surface area contributed by atoms with Crippen molar-refractivity contribution in [1.29, 1.82) is 0 Å². The Morgan fingerprint density at radius 1 is 0.950 bits per heavy atom. The lowest BCUT2D eigenvalue weighted by molar-refractivity contribution is 0.605. The van der Waals surface area contributed by atoms with E-state index in [0.717, 1.165) is 16.4 Å². The molecule has 0 radical (unpaired) electrons. The Morgan fingerprint density at radius 3 is 2.80 bits per heavy atom. The largest absolute Gasteiger partial charge is 0.461 e. The molecule has 0 saturated heterocycles. The molecule has 4 rings (SSSR count). The first kappa shape index (κ1) is 10.9. The molecule has 0 spiro atoms. The predicted molar refractivity (Wildman–Crippen MR) is 75.7 cm³/mol. The van der Waals surface area contributed by atoms with Gasteiger partial charge in [-0.15, -0.1) is 10.2 Å². The summed E-state index contributed by atoms with van der Waals surface area (Å²) >= 11 is 0. The molecule has 5 heteroatoms. The fourth-order valence-corrected chi connectivity index (χ4v) is 2.17. The van der Waals surface area contributed by atoms with Gasteiger partial charge in [-0.1, -0.05) is 24.3 Å². The maximum atomic E-state index is 5.67. The van der Waals surface area contributed by atoms with E-state index in [9.17, 15) is 0 Å². The van der Waals surface area contributed by atoms with Crippen molar-refractivity contribution < 1.29 is 4.42 Å². The second-order valence-electron chi connectivity index (χ2n) is 4.39. The van der Waals surface area contributed by atoms with Crippen LogP contribution in [0, 0.1) is 0 Å². The van der Waals surface area contributed by atoms with Gasteiger partial charge in [0.05, 0.1) is 6.26 Å². The maximum absolute atomic E-state index is 5.67. The van der Waals surface area contributed by atoms with Gasteiger partial charge < -0.3 is 4.42 Å². The van der Waals surface area contributed by atoms with Crippen LogP contribution in [-0.2, 0) is 0 Å². The van der Waals surface area contributed by atoms with Gasteiger partial charge in [-0.25, -0.2) is 4.98 Å². The summed E-state index contributed by atoms with van der Waals surface area (Å²) in [5, 5.41) is 10.0. The summed E-state index contributed by atoms with van der Waals surface area (Å²) in [6.07, 6.45) is 5.12. The smallest absolute Gasteiger partial charge is 0.183 e. The summed E-state index contributed by atoms with van der Waals surface area (Å²) in [7, 11) is 0. The van der Waals surface area contributed by atoms with E-state index in [0.29, 0.717) is 11.2 Å². The Bertz CT molecular complexity index is 969. The number of aromatic nitrogens is 4. The van der Waals surface area contributed by atoms with Crippen LogP contribution in [0.15, 0.2) is 65.7 Å². The van der Waals surface area contributed by atoms with E-state index in [1.54, 1.807) is 17.0 Å². The van der Waals surface area contributed by atoms with Crippen LogP contribution in [-0.4, -0.2) is 19.6 Å². The molecule has 0 amide bonds. The van der Waals surface area contributed by atoms with Crippen molar-refractivity contribution >= 4 is 27.6 Å². The van der Waals surface area contributed by atoms with Crippen LogP contribution in [0.1, 0.15) is 0 Å². The molecule has 20 heavy (non-hydrogen) atoms. The third-order valence-electron chi connectivity index (χ3n) is 3.17. The molecule has 0 N–H and O–H groups in total. The van der Waals surface area contributed by atoms with Crippen molar-refractivity contribution in [3.8, 4) is 0 Å². The molecule has 96 valence electrons. The predicted octanol–water partition coefficient (Wildman–Crippen LogP) is 3.15. The van der Waals surface area contributed by atoms with Crippen LogP contribution >= 0.6 is 0 Å². The monoisotopic (exact) mass is 262 g/mol. The molecular weight excluding hydrogens is 252 g/mol. The standard InChI is InChI=1S/C15H10N4O/c1-2-4-12-9-16-15-13(20-8-7-11(12)3-1)5-6-14-18-17-10-19(14)15/h1-10H. The lowest BCUT2D eigenvalue weighted by atomic mass is 10.2. The van der Waals surface area contributed by atoms with Crippen molar-refractivity contribution in [2.75, 3.05) is 0 Å². The molecule has 1 aromatic carbocycles. The van der Waals surface area contributed by atoms with Gasteiger partial charge in [-0.3, -0.25) is 4.40 Å². The van der Waals surface area contributed by atoms with Gasteiger partial charge in [-0.2, -0.15) is 0 Å². The molecule has 0 aliphatic heterocycles. The Balaban J connectivity index is 2.22. The zero-order valence-corrected chi connectivity index (χ0v) is 10.5. The molecule has 0 bridgehead atoms. The van der Waals surface area contributed by atoms with E-state index < -0.39 is 0 Å². The fraction of sp³-hybridized carbons (Fsp3) is 0. The van der Waals surface area contributed by atoms with E-state index in [1.807, 2.05) is 48.7 Å². The number of benzene rings is 1. The van der Waals surface area contributed by atoms with Crippen LogP contribution in [0.5, 0.6) is 0 Å². The molecule has 3 aromatic heterocycles. The van der Waals surface area contributed by atoms with Crippen LogP contribution in [0.25, 0.3) is 27.6 Å². The van der Waals surface area contributed by atoms with Crippen molar-refractivity contribution in [1.82, 2.24) is 19.6 Å². The Labute approximate surface area is 113 Å². The third kappa shape index (κ3) is 1.68. The van der Waals surface area contributed by atoms with Gasteiger partial charge in [-0.05, 0) is 23.6 Å². The Hall–Kier alpha value is -2.95. The van der Waals surface area contributed by atoms with Crippen molar-refractivity contribution in [2.45, 2.75) is 0 Å². The van der Waals surface area contributed by atoms with Crippen LogP contribution in [0.3, 0.4) is 0 Å². The van der Waals surface area contributed by atoms with E-state index in [4.69, 9.17) is 4.42 Å². The number of fused-ring (bicyclic) bond motifs is 4. The average Bonchev–Trinajstić information content (AvgIpc) is 2.97. The second-order valence-corrected chi connectivity index (χ2v) is 4.39. The first-order chi connectivity index (χ1) is 9.92. The molecule has 0 saturated carbocycles. The highest BCUT2D eigenvalue weighted by Gasteiger charge is 2.01. The summed E-state index contributed by atoms with van der Waals surface area (Å²) in [6.45, 7) is 0. The van der Waals surface area contributed by atoms with Gasteiger partial charge in [0.1, 0.15) is 6.33 Å². The molecule has 0 unspecified atom stereocenters. The Kier molecular flexibility index (Phi) is 2.35. The minimum Gasteiger partial charge on any atom is -0.461 e. The topological polar surface area (TPSA) is 56.2 Å². The second kappa shape index (κ2) is 4.31. The van der Waals surface area contributed by atoms with E-state index in [-0.39, 0.29) is 0 Å². The highest BCUT2D eigenvalue weighted by molar-refractivity contribution is 5.81. The van der Waals surface area contributed by atoms with Gasteiger partial charge in [0.15, 0.2) is 16.9 Å². The fourth-order valence-electron chi connectivity index (χ4n) is 2.17. The summed E-state index contributed by atoms with van der Waals surface area (Å²) in [5.74, 6) is 0. The minimum absolute atomic E-state index is 0.664. The van der Waals surface area contributed by atoms with Crippen LogP contribution in [0.2, 0.25) is 0 Å². The third-order valence-corrected chi connectivity index (χ3v) is 3.17. The summed E-state index contributed by atoms with van der Waals surface area (Å²) < 4.78 is 7.47. The molecule has 0 atom stereocenters. The number of pyridine rings is 1. The molecular formula is C15H10N4O. The molecule has 0 aliphatic carbocycles. The molecule has 5 nitrogen and oxygen atoms in total. The van der Waals surface area contributed by atoms with Crippen molar-refractivity contribution in [2.24, 2.45) is 0 Å². The molecule has 3 heterocycles. The summed E-state index contributed by atoms with van der Waals surface area (Å²) in [6, 6.07) is 13.6. The number of hydrogen-bond acceptors (Lipinski definition) is 4. The van der Waals surface area contributed by atoms with E-state index >= 15 is 0 Å². The lowest BCUT2D eigenvalue weighted by Crippen LogP contribution is -1.87. The first-order valence-electron chi connectivity index (χ1n) is 6.21. The van der Waals surface area contributed by atoms with Crippen molar-refractivity contribution in [3.63, 3.8) is 0 Å². The Morgan fingerprint density at radius 2 is 1.85 bits per heavy atom. The van der Waals surface area contributed by atoms with E-state index in [1.165, 1.54) is 0 Å². The molecule has 0 aliphatic rings. The maximum Gasteiger partial charge on any atom is 0.183 e. The van der Waals surface area contributed by atoms with Crippen LogP contribution < -0.4 is 0 Å². The normalized spacial score (nSPS) is 11.0. The summed E-state index contributed by atoms with van der Waals surface area (Å²) in [4.78, 5) is 4.54. The van der Waals surface area contributed by atoms with Gasteiger partial charge in [0.25, 0.3) is 0 Å². The summed E-state index contributed by atoms with van der Waals surface area (Å²) in [5.41, 5.74) is 2.08. The SMILES string of the molecule is c1ccc2cnc3c(ccc4nncn43)occc2c1. The van der Waals surface area contributed by atoms with Gasteiger partial charge in [0.2, 0.25) is 0 Å². The highest BCUT2D eigenvalue weighted by Crippen LogP contribution is 2.14. The minimum atomic E-state index is 0.664. The quantitative estimate of drug-likeness (QED) is 0.488. The van der Waals surface area contributed by atoms with E-state index in [2.05, 4.69) is 15.2 Å². The first-order valence-corrected chi connectivity index (χ1v) is 6.21. The number of nitrogens with zero attached hydrogens (tertiary/aromatic N) is 4. The molecule has 4 aromatic rings. The zero-order chi connectivity index (χ0) is 13.4. The number of rotatable bonds is 0. The highest BCUT2D eigenvalue weighted by atomic mass is 16.3. The van der Waals surface area contributed by atoms with Gasteiger partial charge in [0, 0.05) is 11.6 Å².